The van der Waals surface area contributed by atoms with Crippen LogP contribution in [0.15, 0.2) is 0 Å². The summed E-state index contributed by atoms with van der Waals surface area (Å²) in [5, 5.41) is 8.93. The van der Waals surface area contributed by atoms with Crippen LogP contribution in [0.3, 0.4) is 0 Å². The Morgan fingerprint density at radius 1 is 1.11 bits per heavy atom. The molecule has 18 heavy (non-hydrogen) atoms. The van der Waals surface area contributed by atoms with Gasteiger partial charge in [-0.15, -0.1) is 0 Å². The van der Waals surface area contributed by atoms with Gasteiger partial charge in [-0.2, -0.15) is 0 Å². The Kier molecular flexibility index (Phi) is 5.10. The lowest BCUT2D eigenvalue weighted by atomic mass is 10.0. The number of hydrogen-bond acceptors (Lipinski definition) is 4. The SMILES string of the molecule is CC(C)[C@H](N)C(=O)N1CCN(C(C)C(=O)O)CC1. The van der Waals surface area contributed by atoms with Crippen LogP contribution in [0.1, 0.15) is 20.8 Å². The number of aliphatic carboxylic acids is 1. The topological polar surface area (TPSA) is 86.9 Å². The highest BCUT2D eigenvalue weighted by molar-refractivity contribution is 5.82. The monoisotopic (exact) mass is 257 g/mol. The normalized spacial score (nSPS) is 20.8. The van der Waals surface area contributed by atoms with Gasteiger partial charge >= 0.3 is 5.97 Å². The molecule has 0 aromatic carbocycles. The van der Waals surface area contributed by atoms with E-state index in [1.807, 2.05) is 18.7 Å². The number of carbonyl (C=O) groups excluding carboxylic acids is 1. The zero-order valence-corrected chi connectivity index (χ0v) is 11.3. The van der Waals surface area contributed by atoms with Crippen LogP contribution in [-0.2, 0) is 9.59 Å². The molecule has 1 unspecified atom stereocenters. The van der Waals surface area contributed by atoms with Gasteiger partial charge in [0.15, 0.2) is 0 Å². The Labute approximate surface area is 108 Å². The summed E-state index contributed by atoms with van der Waals surface area (Å²) in [6.45, 7) is 7.79. The molecule has 6 nitrogen and oxygen atoms in total. The van der Waals surface area contributed by atoms with E-state index in [0.29, 0.717) is 26.2 Å². The van der Waals surface area contributed by atoms with Crippen LogP contribution in [-0.4, -0.2) is 65.0 Å². The lowest BCUT2D eigenvalue weighted by Gasteiger charge is -2.37. The molecule has 0 bridgehead atoms. The molecule has 0 saturated carbocycles. The summed E-state index contributed by atoms with van der Waals surface area (Å²) in [5.41, 5.74) is 5.83. The first-order valence-corrected chi connectivity index (χ1v) is 6.35. The van der Waals surface area contributed by atoms with Crippen molar-refractivity contribution >= 4 is 11.9 Å². The predicted octanol–water partition coefficient (Wildman–Crippen LogP) is -0.413. The molecular formula is C12H23N3O3. The van der Waals surface area contributed by atoms with Crippen LogP contribution in [0, 0.1) is 5.92 Å². The van der Waals surface area contributed by atoms with Crippen molar-refractivity contribution in [2.45, 2.75) is 32.9 Å². The maximum Gasteiger partial charge on any atom is 0.320 e. The van der Waals surface area contributed by atoms with Crippen LogP contribution < -0.4 is 5.73 Å². The van der Waals surface area contributed by atoms with E-state index in [2.05, 4.69) is 0 Å². The molecule has 0 aliphatic carbocycles. The number of nitrogens with zero attached hydrogens (tertiary/aromatic N) is 2. The van der Waals surface area contributed by atoms with E-state index >= 15 is 0 Å². The standard InChI is InChI=1S/C12H23N3O3/c1-8(2)10(13)11(16)15-6-4-14(5-7-15)9(3)12(17)18/h8-10H,4-7,13H2,1-3H3,(H,17,18)/t9?,10-/m0/s1. The molecule has 0 aromatic heterocycles. The summed E-state index contributed by atoms with van der Waals surface area (Å²) in [6.07, 6.45) is 0. The van der Waals surface area contributed by atoms with E-state index in [1.165, 1.54) is 0 Å². The minimum Gasteiger partial charge on any atom is -0.480 e. The highest BCUT2D eigenvalue weighted by Gasteiger charge is 2.29. The molecule has 1 aliphatic heterocycles. The molecule has 2 atom stereocenters. The number of piperazine rings is 1. The summed E-state index contributed by atoms with van der Waals surface area (Å²) >= 11 is 0. The molecule has 1 rings (SSSR count). The second-order valence-corrected chi connectivity index (χ2v) is 5.15. The van der Waals surface area contributed by atoms with Crippen molar-refractivity contribution in [3.63, 3.8) is 0 Å². The molecule has 0 spiro atoms. The van der Waals surface area contributed by atoms with Gasteiger partial charge in [0.05, 0.1) is 6.04 Å². The van der Waals surface area contributed by atoms with E-state index in [1.54, 1.807) is 11.8 Å². The summed E-state index contributed by atoms with van der Waals surface area (Å²) in [6, 6.07) is -0.963. The Morgan fingerprint density at radius 3 is 2.00 bits per heavy atom. The lowest BCUT2D eigenvalue weighted by molar-refractivity contribution is -0.144. The first-order chi connectivity index (χ1) is 8.34. The second kappa shape index (κ2) is 6.15. The van der Waals surface area contributed by atoms with Crippen molar-refractivity contribution in [1.82, 2.24) is 9.80 Å². The molecule has 1 heterocycles. The van der Waals surface area contributed by atoms with E-state index in [9.17, 15) is 9.59 Å². The van der Waals surface area contributed by atoms with Crippen LogP contribution >= 0.6 is 0 Å². The molecular weight excluding hydrogens is 234 g/mol. The fraction of sp³-hybridized carbons (Fsp3) is 0.833. The number of nitrogens with two attached hydrogens (primary N) is 1. The van der Waals surface area contributed by atoms with Crippen LogP contribution in [0.25, 0.3) is 0 Å². The quantitative estimate of drug-likeness (QED) is 0.715. The fourth-order valence-electron chi connectivity index (χ4n) is 1.98. The fourth-order valence-corrected chi connectivity index (χ4v) is 1.98. The number of hydrogen-bond donors (Lipinski definition) is 2. The second-order valence-electron chi connectivity index (χ2n) is 5.15. The minimum atomic E-state index is -0.825. The zero-order chi connectivity index (χ0) is 13.9. The third-order valence-electron chi connectivity index (χ3n) is 3.53. The van der Waals surface area contributed by atoms with Gasteiger partial charge in [0.2, 0.25) is 5.91 Å². The van der Waals surface area contributed by atoms with Gasteiger partial charge in [-0.05, 0) is 12.8 Å². The highest BCUT2D eigenvalue weighted by atomic mass is 16.4. The summed E-state index contributed by atoms with van der Waals surface area (Å²) in [5.74, 6) is -0.741. The number of carboxylic acid groups (broad SMARTS) is 1. The van der Waals surface area contributed by atoms with E-state index in [-0.39, 0.29) is 11.8 Å². The average Bonchev–Trinajstić information content (AvgIpc) is 2.36. The molecule has 0 radical (unpaired) electrons. The smallest absolute Gasteiger partial charge is 0.320 e. The molecule has 1 saturated heterocycles. The van der Waals surface area contributed by atoms with Gasteiger partial charge in [0, 0.05) is 26.2 Å². The van der Waals surface area contributed by atoms with Crippen molar-refractivity contribution < 1.29 is 14.7 Å². The third-order valence-corrected chi connectivity index (χ3v) is 3.53. The third kappa shape index (κ3) is 3.43. The maximum atomic E-state index is 12.0. The molecule has 1 aliphatic rings. The van der Waals surface area contributed by atoms with E-state index < -0.39 is 18.1 Å². The van der Waals surface area contributed by atoms with Crippen LogP contribution in [0.5, 0.6) is 0 Å². The molecule has 0 aromatic rings. The molecule has 1 fully saturated rings. The zero-order valence-electron chi connectivity index (χ0n) is 11.3. The summed E-state index contributed by atoms with van der Waals surface area (Å²) < 4.78 is 0. The van der Waals surface area contributed by atoms with Gasteiger partial charge in [-0.3, -0.25) is 14.5 Å². The van der Waals surface area contributed by atoms with Crippen molar-refractivity contribution in [2.24, 2.45) is 11.7 Å². The molecule has 1 amide bonds. The van der Waals surface area contributed by atoms with Gasteiger partial charge in [0.25, 0.3) is 0 Å². The molecule has 6 heteroatoms. The summed E-state index contributed by atoms with van der Waals surface area (Å²) in [4.78, 5) is 26.5. The Balaban J connectivity index is 2.49. The Bertz CT molecular complexity index is 312. The number of amides is 1. The lowest BCUT2D eigenvalue weighted by Crippen LogP contribution is -2.56. The van der Waals surface area contributed by atoms with Crippen LogP contribution in [0.2, 0.25) is 0 Å². The van der Waals surface area contributed by atoms with Crippen molar-refractivity contribution in [3.05, 3.63) is 0 Å². The van der Waals surface area contributed by atoms with E-state index in [0.717, 1.165) is 0 Å². The number of rotatable bonds is 4. The number of carbonyl (C=O) groups is 2. The van der Waals surface area contributed by atoms with Crippen molar-refractivity contribution in [1.29, 1.82) is 0 Å². The van der Waals surface area contributed by atoms with Crippen molar-refractivity contribution in [2.75, 3.05) is 26.2 Å². The van der Waals surface area contributed by atoms with E-state index in [4.69, 9.17) is 10.8 Å². The average molecular weight is 257 g/mol. The molecule has 3 N–H and O–H groups in total. The Hall–Kier alpha value is -1.14. The number of carboxylic acids is 1. The van der Waals surface area contributed by atoms with Gasteiger partial charge in [0.1, 0.15) is 6.04 Å². The van der Waals surface area contributed by atoms with Gasteiger partial charge in [-0.25, -0.2) is 0 Å². The van der Waals surface area contributed by atoms with Crippen LogP contribution in [0.4, 0.5) is 0 Å². The van der Waals surface area contributed by atoms with Crippen molar-refractivity contribution in [3.8, 4) is 0 Å². The molecule has 104 valence electrons. The summed E-state index contributed by atoms with van der Waals surface area (Å²) in [7, 11) is 0. The minimum absolute atomic E-state index is 0.0346. The predicted molar refractivity (Wildman–Crippen MR) is 68.1 cm³/mol. The first kappa shape index (κ1) is 14.9. The van der Waals surface area contributed by atoms with Gasteiger partial charge in [-0.1, -0.05) is 13.8 Å². The largest absolute Gasteiger partial charge is 0.480 e. The Morgan fingerprint density at radius 2 is 1.61 bits per heavy atom. The first-order valence-electron chi connectivity index (χ1n) is 6.35. The van der Waals surface area contributed by atoms with Gasteiger partial charge < -0.3 is 15.7 Å². The maximum absolute atomic E-state index is 12.0. The highest BCUT2D eigenvalue weighted by Crippen LogP contribution is 2.10.